The van der Waals surface area contributed by atoms with Gasteiger partial charge in [-0.15, -0.1) is 0 Å². The number of para-hydroxylation sites is 1. The second-order valence-corrected chi connectivity index (χ2v) is 4.00. The summed E-state index contributed by atoms with van der Waals surface area (Å²) in [5, 5.41) is 0. The van der Waals surface area contributed by atoms with E-state index in [0.29, 0.717) is 6.54 Å². The molecule has 0 fully saturated rings. The van der Waals surface area contributed by atoms with E-state index in [-0.39, 0.29) is 5.60 Å². The minimum atomic E-state index is -0.186. The first-order valence-electron chi connectivity index (χ1n) is 4.62. The van der Waals surface area contributed by atoms with E-state index in [1.54, 1.807) is 0 Å². The average Bonchev–Trinajstić information content (AvgIpc) is 2.45. The Labute approximate surface area is 78.7 Å². The van der Waals surface area contributed by atoms with Crippen LogP contribution in [0.3, 0.4) is 0 Å². The maximum Gasteiger partial charge on any atom is 0.126 e. The topological polar surface area (TPSA) is 35.2 Å². The zero-order valence-corrected chi connectivity index (χ0v) is 8.13. The fraction of sp³-hybridized carbons (Fsp3) is 0.455. The molecule has 1 aliphatic rings. The van der Waals surface area contributed by atoms with Gasteiger partial charge in [0.1, 0.15) is 11.4 Å². The van der Waals surface area contributed by atoms with Crippen molar-refractivity contribution in [2.75, 3.05) is 6.54 Å². The minimum absolute atomic E-state index is 0.186. The summed E-state index contributed by atoms with van der Waals surface area (Å²) < 4.78 is 5.85. The third-order valence-electron chi connectivity index (χ3n) is 2.64. The van der Waals surface area contributed by atoms with Crippen molar-refractivity contribution >= 4 is 0 Å². The molecule has 1 unspecified atom stereocenters. The Morgan fingerprint density at radius 2 is 2.31 bits per heavy atom. The van der Waals surface area contributed by atoms with Crippen molar-refractivity contribution in [2.24, 2.45) is 5.73 Å². The molecule has 2 rings (SSSR count). The van der Waals surface area contributed by atoms with Crippen molar-refractivity contribution in [3.8, 4) is 5.75 Å². The zero-order valence-electron chi connectivity index (χ0n) is 8.13. The SMILES string of the molecule is Cc1cccc2c1OC(C)(CN)C2. The molecule has 13 heavy (non-hydrogen) atoms. The number of fused-ring (bicyclic) bond motifs is 1. The highest BCUT2D eigenvalue weighted by atomic mass is 16.5. The molecule has 0 aromatic heterocycles. The van der Waals surface area contributed by atoms with Crippen molar-refractivity contribution in [1.29, 1.82) is 0 Å². The van der Waals surface area contributed by atoms with Crippen LogP contribution in [0, 0.1) is 6.92 Å². The van der Waals surface area contributed by atoms with Gasteiger partial charge in [0.2, 0.25) is 0 Å². The molecule has 1 aliphatic heterocycles. The van der Waals surface area contributed by atoms with Crippen molar-refractivity contribution in [2.45, 2.75) is 25.9 Å². The van der Waals surface area contributed by atoms with Crippen LogP contribution in [-0.4, -0.2) is 12.1 Å². The van der Waals surface area contributed by atoms with E-state index >= 15 is 0 Å². The standard InChI is InChI=1S/C11H15NO/c1-8-4-3-5-9-6-11(2,7-12)13-10(8)9/h3-5H,6-7,12H2,1-2H3. The van der Waals surface area contributed by atoms with Crippen LogP contribution in [-0.2, 0) is 6.42 Å². The smallest absolute Gasteiger partial charge is 0.126 e. The molecule has 1 atom stereocenters. The lowest BCUT2D eigenvalue weighted by atomic mass is 9.99. The van der Waals surface area contributed by atoms with E-state index in [4.69, 9.17) is 10.5 Å². The second-order valence-electron chi connectivity index (χ2n) is 4.00. The number of hydrogen-bond donors (Lipinski definition) is 1. The van der Waals surface area contributed by atoms with E-state index in [2.05, 4.69) is 32.0 Å². The minimum Gasteiger partial charge on any atom is -0.485 e. The van der Waals surface area contributed by atoms with E-state index < -0.39 is 0 Å². The summed E-state index contributed by atoms with van der Waals surface area (Å²) in [5.41, 5.74) is 7.98. The van der Waals surface area contributed by atoms with Crippen LogP contribution in [0.2, 0.25) is 0 Å². The maximum absolute atomic E-state index is 5.85. The van der Waals surface area contributed by atoms with Crippen LogP contribution < -0.4 is 10.5 Å². The Balaban J connectivity index is 2.40. The molecule has 1 aromatic carbocycles. The molecule has 70 valence electrons. The first kappa shape index (κ1) is 8.57. The third-order valence-corrected chi connectivity index (χ3v) is 2.64. The van der Waals surface area contributed by atoms with Crippen LogP contribution in [0.15, 0.2) is 18.2 Å². The van der Waals surface area contributed by atoms with E-state index in [0.717, 1.165) is 12.2 Å². The molecule has 0 saturated carbocycles. The van der Waals surface area contributed by atoms with E-state index in [1.807, 2.05) is 0 Å². The van der Waals surface area contributed by atoms with Gasteiger partial charge in [0.05, 0.1) is 0 Å². The molecule has 2 heteroatoms. The first-order valence-corrected chi connectivity index (χ1v) is 4.62. The Hall–Kier alpha value is -1.02. The number of benzene rings is 1. The Bertz CT molecular complexity index is 335. The highest BCUT2D eigenvalue weighted by molar-refractivity contribution is 5.45. The summed E-state index contributed by atoms with van der Waals surface area (Å²) in [4.78, 5) is 0. The second kappa shape index (κ2) is 2.74. The lowest BCUT2D eigenvalue weighted by Crippen LogP contribution is -2.38. The van der Waals surface area contributed by atoms with Gasteiger partial charge in [0, 0.05) is 13.0 Å². The van der Waals surface area contributed by atoms with Crippen LogP contribution in [0.4, 0.5) is 0 Å². The number of rotatable bonds is 1. The normalized spacial score (nSPS) is 25.5. The molecular weight excluding hydrogens is 162 g/mol. The molecule has 0 radical (unpaired) electrons. The quantitative estimate of drug-likeness (QED) is 0.708. The molecule has 2 N–H and O–H groups in total. The molecule has 0 amide bonds. The van der Waals surface area contributed by atoms with Crippen molar-refractivity contribution in [3.63, 3.8) is 0 Å². The van der Waals surface area contributed by atoms with Gasteiger partial charge in [-0.1, -0.05) is 18.2 Å². The lowest BCUT2D eigenvalue weighted by Gasteiger charge is -2.21. The third kappa shape index (κ3) is 1.31. The molecule has 0 saturated heterocycles. The number of hydrogen-bond acceptors (Lipinski definition) is 2. The van der Waals surface area contributed by atoms with Gasteiger partial charge >= 0.3 is 0 Å². The highest BCUT2D eigenvalue weighted by Crippen LogP contribution is 2.36. The Morgan fingerprint density at radius 3 is 2.92 bits per heavy atom. The van der Waals surface area contributed by atoms with Crippen molar-refractivity contribution in [3.05, 3.63) is 29.3 Å². The predicted molar refractivity (Wildman–Crippen MR) is 53.0 cm³/mol. The Morgan fingerprint density at radius 1 is 1.54 bits per heavy atom. The highest BCUT2D eigenvalue weighted by Gasteiger charge is 2.33. The molecule has 0 aliphatic carbocycles. The largest absolute Gasteiger partial charge is 0.485 e. The summed E-state index contributed by atoms with van der Waals surface area (Å²) >= 11 is 0. The predicted octanol–water partition coefficient (Wildman–Crippen LogP) is 1.65. The summed E-state index contributed by atoms with van der Waals surface area (Å²) in [5.74, 6) is 1.04. The monoisotopic (exact) mass is 177 g/mol. The van der Waals surface area contributed by atoms with Crippen LogP contribution in [0.25, 0.3) is 0 Å². The fourth-order valence-corrected chi connectivity index (χ4v) is 1.80. The molecule has 2 nitrogen and oxygen atoms in total. The fourth-order valence-electron chi connectivity index (χ4n) is 1.80. The molecule has 0 spiro atoms. The Kier molecular flexibility index (Phi) is 1.81. The van der Waals surface area contributed by atoms with E-state index in [9.17, 15) is 0 Å². The summed E-state index contributed by atoms with van der Waals surface area (Å²) in [7, 11) is 0. The van der Waals surface area contributed by atoms with Gasteiger partial charge in [-0.05, 0) is 25.0 Å². The average molecular weight is 177 g/mol. The molecule has 0 bridgehead atoms. The van der Waals surface area contributed by atoms with Gasteiger partial charge < -0.3 is 10.5 Å². The van der Waals surface area contributed by atoms with Crippen LogP contribution in [0.1, 0.15) is 18.1 Å². The number of ether oxygens (including phenoxy) is 1. The van der Waals surface area contributed by atoms with Gasteiger partial charge in [0.25, 0.3) is 0 Å². The van der Waals surface area contributed by atoms with Crippen LogP contribution >= 0.6 is 0 Å². The number of nitrogens with two attached hydrogens (primary N) is 1. The summed E-state index contributed by atoms with van der Waals surface area (Å²) in [6, 6.07) is 6.25. The lowest BCUT2D eigenvalue weighted by molar-refractivity contribution is 0.125. The number of aryl methyl sites for hydroxylation is 1. The van der Waals surface area contributed by atoms with Gasteiger partial charge in [-0.3, -0.25) is 0 Å². The van der Waals surface area contributed by atoms with Crippen molar-refractivity contribution < 1.29 is 4.74 Å². The van der Waals surface area contributed by atoms with Crippen molar-refractivity contribution in [1.82, 2.24) is 0 Å². The molecule has 1 aromatic rings. The van der Waals surface area contributed by atoms with Gasteiger partial charge in [-0.25, -0.2) is 0 Å². The summed E-state index contributed by atoms with van der Waals surface area (Å²) in [6.07, 6.45) is 0.931. The molecule has 1 heterocycles. The van der Waals surface area contributed by atoms with Crippen LogP contribution in [0.5, 0.6) is 5.75 Å². The summed E-state index contributed by atoms with van der Waals surface area (Å²) in [6.45, 7) is 4.70. The van der Waals surface area contributed by atoms with Gasteiger partial charge in [-0.2, -0.15) is 0 Å². The zero-order chi connectivity index (χ0) is 9.47. The maximum atomic E-state index is 5.85. The van der Waals surface area contributed by atoms with E-state index in [1.165, 1.54) is 11.1 Å². The molecular formula is C11H15NO. The first-order chi connectivity index (χ1) is 6.14. The van der Waals surface area contributed by atoms with Gasteiger partial charge in [0.15, 0.2) is 0 Å².